The van der Waals surface area contributed by atoms with Crippen LogP contribution in [-0.2, 0) is 0 Å². The smallest absolute Gasteiger partial charge is 0.202 e. The molecule has 14 heavy (non-hydrogen) atoms. The van der Waals surface area contributed by atoms with Gasteiger partial charge in [0.2, 0.25) is 5.13 Å². The number of nitrogens with one attached hydrogen (secondary N) is 1. The van der Waals surface area contributed by atoms with Crippen LogP contribution < -0.4 is 5.32 Å². The summed E-state index contributed by atoms with van der Waals surface area (Å²) in [5.74, 6) is 3.26. The lowest BCUT2D eigenvalue weighted by Crippen LogP contribution is -2.15. The summed E-state index contributed by atoms with van der Waals surface area (Å²) in [5.41, 5.74) is 0. The number of anilines is 1. The fourth-order valence-corrected chi connectivity index (χ4v) is 2.54. The van der Waals surface area contributed by atoms with E-state index in [1.54, 1.807) is 0 Å². The van der Waals surface area contributed by atoms with Crippen molar-refractivity contribution in [3.63, 3.8) is 0 Å². The van der Waals surface area contributed by atoms with Crippen LogP contribution in [0.4, 0.5) is 5.13 Å². The summed E-state index contributed by atoms with van der Waals surface area (Å²) < 4.78 is 4.13. The van der Waals surface area contributed by atoms with Crippen LogP contribution in [0.15, 0.2) is 0 Å². The van der Waals surface area contributed by atoms with Crippen molar-refractivity contribution in [1.29, 1.82) is 0 Å². The maximum absolute atomic E-state index is 4.27. The lowest BCUT2D eigenvalue weighted by Gasteiger charge is -2.11. The first-order valence-electron chi connectivity index (χ1n) is 4.87. The van der Waals surface area contributed by atoms with Crippen molar-refractivity contribution >= 4 is 28.4 Å². The third-order valence-electron chi connectivity index (χ3n) is 1.80. The highest BCUT2D eigenvalue weighted by Crippen LogP contribution is 2.13. The number of aryl methyl sites for hydroxylation is 1. The van der Waals surface area contributed by atoms with Gasteiger partial charge in [-0.15, -0.1) is 0 Å². The van der Waals surface area contributed by atoms with E-state index in [4.69, 9.17) is 0 Å². The lowest BCUT2D eigenvalue weighted by molar-refractivity contribution is 0.770. The van der Waals surface area contributed by atoms with Gasteiger partial charge < -0.3 is 5.32 Å². The minimum Gasteiger partial charge on any atom is -0.358 e. The molecule has 1 atom stereocenters. The number of aromatic nitrogens is 2. The number of hydrogen-bond acceptors (Lipinski definition) is 5. The summed E-state index contributed by atoms with van der Waals surface area (Å²) in [5, 5.41) is 4.29. The van der Waals surface area contributed by atoms with Crippen LogP contribution in [0, 0.1) is 6.92 Å². The Balaban J connectivity index is 2.23. The maximum atomic E-state index is 4.27. The molecule has 0 aliphatic heterocycles. The number of nitrogens with zero attached hydrogens (tertiary/aromatic N) is 2. The molecule has 0 amide bonds. The van der Waals surface area contributed by atoms with Gasteiger partial charge in [-0.1, -0.05) is 6.92 Å². The largest absolute Gasteiger partial charge is 0.358 e. The van der Waals surface area contributed by atoms with E-state index in [-0.39, 0.29) is 0 Å². The highest BCUT2D eigenvalue weighted by Gasteiger charge is 2.04. The molecule has 0 aliphatic carbocycles. The molecule has 0 aliphatic rings. The van der Waals surface area contributed by atoms with Crippen LogP contribution in [0.3, 0.4) is 0 Å². The van der Waals surface area contributed by atoms with Crippen molar-refractivity contribution in [1.82, 2.24) is 9.36 Å². The van der Waals surface area contributed by atoms with E-state index >= 15 is 0 Å². The monoisotopic (exact) mass is 231 g/mol. The quantitative estimate of drug-likeness (QED) is 0.764. The average molecular weight is 231 g/mol. The van der Waals surface area contributed by atoms with E-state index in [0.29, 0.717) is 6.04 Å². The Bertz CT molecular complexity index is 262. The molecular weight excluding hydrogens is 214 g/mol. The van der Waals surface area contributed by atoms with Gasteiger partial charge in [-0.3, -0.25) is 0 Å². The van der Waals surface area contributed by atoms with Crippen molar-refractivity contribution in [3.8, 4) is 0 Å². The van der Waals surface area contributed by atoms with Crippen LogP contribution in [0.1, 0.15) is 26.1 Å². The highest BCUT2D eigenvalue weighted by molar-refractivity contribution is 7.99. The molecule has 1 rings (SSSR count). The number of thioether (sulfide) groups is 1. The first kappa shape index (κ1) is 11.8. The van der Waals surface area contributed by atoms with E-state index < -0.39 is 0 Å². The second-order valence-electron chi connectivity index (χ2n) is 3.18. The van der Waals surface area contributed by atoms with Crippen molar-refractivity contribution in [2.24, 2.45) is 0 Å². The number of rotatable bonds is 6. The second kappa shape index (κ2) is 6.24. The first-order chi connectivity index (χ1) is 6.72. The van der Waals surface area contributed by atoms with Crippen molar-refractivity contribution in [2.75, 3.05) is 16.8 Å². The van der Waals surface area contributed by atoms with E-state index in [2.05, 4.69) is 28.5 Å². The maximum Gasteiger partial charge on any atom is 0.202 e. The van der Waals surface area contributed by atoms with Crippen molar-refractivity contribution in [2.45, 2.75) is 33.2 Å². The molecule has 0 spiro atoms. The normalized spacial score (nSPS) is 12.8. The van der Waals surface area contributed by atoms with Crippen LogP contribution >= 0.6 is 23.3 Å². The summed E-state index contributed by atoms with van der Waals surface area (Å²) in [4.78, 5) is 4.27. The molecule has 1 unspecified atom stereocenters. The van der Waals surface area contributed by atoms with E-state index in [1.165, 1.54) is 29.5 Å². The van der Waals surface area contributed by atoms with Crippen LogP contribution in [-0.4, -0.2) is 26.9 Å². The van der Waals surface area contributed by atoms with E-state index in [1.807, 2.05) is 18.7 Å². The molecule has 1 heterocycles. The Morgan fingerprint density at radius 1 is 1.57 bits per heavy atom. The zero-order valence-corrected chi connectivity index (χ0v) is 10.5. The molecule has 1 N–H and O–H groups in total. The standard InChI is InChI=1S/C9H17N3S2/c1-4-13-6-5-7(2)10-9-11-8(3)12-14-9/h7H,4-6H2,1-3H3,(H,10,11,12). The summed E-state index contributed by atoms with van der Waals surface area (Å²) in [6.07, 6.45) is 1.18. The molecule has 0 fully saturated rings. The van der Waals surface area contributed by atoms with Gasteiger partial charge in [-0.25, -0.2) is 4.98 Å². The first-order valence-corrected chi connectivity index (χ1v) is 6.79. The Kier molecular flexibility index (Phi) is 5.25. The van der Waals surface area contributed by atoms with Gasteiger partial charge in [0.05, 0.1) is 0 Å². The minimum atomic E-state index is 0.487. The SMILES string of the molecule is CCSCCC(C)Nc1nc(C)ns1. The van der Waals surface area contributed by atoms with Gasteiger partial charge in [0, 0.05) is 17.6 Å². The van der Waals surface area contributed by atoms with E-state index in [0.717, 1.165) is 11.0 Å². The summed E-state index contributed by atoms with van der Waals surface area (Å²) in [6, 6.07) is 0.487. The van der Waals surface area contributed by atoms with Crippen LogP contribution in [0.25, 0.3) is 0 Å². The third-order valence-corrected chi connectivity index (χ3v) is 3.47. The lowest BCUT2D eigenvalue weighted by atomic mass is 10.3. The molecule has 5 heteroatoms. The molecule has 1 aromatic heterocycles. The topological polar surface area (TPSA) is 37.8 Å². The van der Waals surface area contributed by atoms with Crippen LogP contribution in [0.2, 0.25) is 0 Å². The van der Waals surface area contributed by atoms with Gasteiger partial charge in [0.15, 0.2) is 0 Å². The predicted molar refractivity (Wildman–Crippen MR) is 65.3 cm³/mol. The van der Waals surface area contributed by atoms with Gasteiger partial charge >= 0.3 is 0 Å². The van der Waals surface area contributed by atoms with Crippen molar-refractivity contribution in [3.05, 3.63) is 5.82 Å². The summed E-state index contributed by atoms with van der Waals surface area (Å²) >= 11 is 3.42. The van der Waals surface area contributed by atoms with Crippen LogP contribution in [0.5, 0.6) is 0 Å². The van der Waals surface area contributed by atoms with Gasteiger partial charge in [0.25, 0.3) is 0 Å². The Morgan fingerprint density at radius 2 is 2.36 bits per heavy atom. The molecule has 0 aromatic carbocycles. The van der Waals surface area contributed by atoms with Gasteiger partial charge in [-0.2, -0.15) is 16.1 Å². The molecule has 1 aromatic rings. The highest BCUT2D eigenvalue weighted by atomic mass is 32.2. The van der Waals surface area contributed by atoms with Gasteiger partial charge in [-0.05, 0) is 31.8 Å². The van der Waals surface area contributed by atoms with Crippen molar-refractivity contribution < 1.29 is 0 Å². The molecule has 0 saturated heterocycles. The van der Waals surface area contributed by atoms with Gasteiger partial charge in [0.1, 0.15) is 5.82 Å². The zero-order valence-electron chi connectivity index (χ0n) is 8.91. The molecule has 0 bridgehead atoms. The predicted octanol–water partition coefficient (Wildman–Crippen LogP) is 2.79. The average Bonchev–Trinajstić information content (AvgIpc) is 2.52. The minimum absolute atomic E-state index is 0.487. The molecule has 80 valence electrons. The third kappa shape index (κ3) is 4.28. The number of hydrogen-bond donors (Lipinski definition) is 1. The summed E-state index contributed by atoms with van der Waals surface area (Å²) in [7, 11) is 0. The molecule has 0 saturated carbocycles. The Hall–Kier alpha value is -0.290. The molecule has 3 nitrogen and oxygen atoms in total. The Morgan fingerprint density at radius 3 is 2.93 bits per heavy atom. The molecule has 0 radical (unpaired) electrons. The fourth-order valence-electron chi connectivity index (χ4n) is 1.04. The Labute approximate surface area is 93.9 Å². The van der Waals surface area contributed by atoms with E-state index in [9.17, 15) is 0 Å². The zero-order chi connectivity index (χ0) is 10.4. The fraction of sp³-hybridized carbons (Fsp3) is 0.778. The molecular formula is C9H17N3S2. The second-order valence-corrected chi connectivity index (χ2v) is 5.32. The summed E-state index contributed by atoms with van der Waals surface area (Å²) in [6.45, 7) is 6.29.